The Balaban J connectivity index is 1.69. The molecule has 2 N–H and O–H groups in total. The molecule has 3 rings (SSSR count). The van der Waals surface area contributed by atoms with Crippen molar-refractivity contribution in [1.29, 1.82) is 0 Å². The number of amides is 1. The molecule has 2 heterocycles. The molecule has 0 saturated carbocycles. The molecule has 0 saturated heterocycles. The van der Waals surface area contributed by atoms with E-state index in [2.05, 4.69) is 22.2 Å². The third-order valence-electron chi connectivity index (χ3n) is 3.33. The lowest BCUT2D eigenvalue weighted by Gasteiger charge is -2.28. The fourth-order valence-electron chi connectivity index (χ4n) is 2.33. The summed E-state index contributed by atoms with van der Waals surface area (Å²) in [6.45, 7) is 1.60. The molecule has 6 nitrogen and oxygen atoms in total. The van der Waals surface area contributed by atoms with E-state index in [9.17, 15) is 4.79 Å². The molecule has 0 bridgehead atoms. The predicted octanol–water partition coefficient (Wildman–Crippen LogP) is 0.445. The van der Waals surface area contributed by atoms with Gasteiger partial charge in [0.1, 0.15) is 12.9 Å². The smallest absolute Gasteiger partial charge is 0.244 e. The Labute approximate surface area is 110 Å². The van der Waals surface area contributed by atoms with Crippen molar-refractivity contribution >= 4 is 11.9 Å². The van der Waals surface area contributed by atoms with Crippen LogP contribution in [0.4, 0.5) is 5.95 Å². The molecule has 1 aliphatic rings. The Morgan fingerprint density at radius 1 is 1.32 bits per heavy atom. The third kappa shape index (κ3) is 2.42. The van der Waals surface area contributed by atoms with Crippen LogP contribution in [0, 0.1) is 0 Å². The number of rotatable bonds is 2. The zero-order valence-electron chi connectivity index (χ0n) is 10.5. The van der Waals surface area contributed by atoms with Crippen molar-refractivity contribution in [3.05, 3.63) is 41.7 Å². The van der Waals surface area contributed by atoms with Crippen LogP contribution in [0.2, 0.25) is 0 Å². The number of carbonyl (C=O) groups excluding carboxylic acids is 1. The van der Waals surface area contributed by atoms with E-state index in [0.717, 1.165) is 13.0 Å². The number of aromatic nitrogens is 3. The van der Waals surface area contributed by atoms with Crippen LogP contribution in [0.5, 0.6) is 0 Å². The van der Waals surface area contributed by atoms with E-state index in [0.29, 0.717) is 6.54 Å². The van der Waals surface area contributed by atoms with Gasteiger partial charge in [-0.25, -0.2) is 9.67 Å². The number of fused-ring (bicyclic) bond motifs is 1. The molecule has 0 atom stereocenters. The zero-order chi connectivity index (χ0) is 13.2. The van der Waals surface area contributed by atoms with Gasteiger partial charge in [0.25, 0.3) is 0 Å². The Morgan fingerprint density at radius 3 is 2.84 bits per heavy atom. The van der Waals surface area contributed by atoms with Crippen molar-refractivity contribution in [2.45, 2.75) is 19.5 Å². The second kappa shape index (κ2) is 4.72. The predicted molar refractivity (Wildman–Crippen MR) is 70.0 cm³/mol. The van der Waals surface area contributed by atoms with Gasteiger partial charge in [0.05, 0.1) is 0 Å². The second-order valence-electron chi connectivity index (χ2n) is 4.63. The van der Waals surface area contributed by atoms with E-state index in [4.69, 9.17) is 5.73 Å². The molecule has 1 aliphatic heterocycles. The molecule has 0 radical (unpaired) electrons. The number of benzene rings is 1. The Bertz CT molecular complexity index is 607. The minimum atomic E-state index is 0.0411. The molecule has 0 fully saturated rings. The van der Waals surface area contributed by atoms with Crippen LogP contribution in [0.15, 0.2) is 30.6 Å². The molecule has 1 aromatic carbocycles. The van der Waals surface area contributed by atoms with Gasteiger partial charge in [0.2, 0.25) is 11.9 Å². The minimum absolute atomic E-state index is 0.0411. The highest BCUT2D eigenvalue weighted by atomic mass is 16.2. The van der Waals surface area contributed by atoms with Crippen molar-refractivity contribution < 1.29 is 4.79 Å². The van der Waals surface area contributed by atoms with Crippen molar-refractivity contribution in [2.75, 3.05) is 12.3 Å². The molecule has 6 heteroatoms. The molecule has 1 amide bonds. The number of anilines is 1. The Kier molecular flexibility index (Phi) is 2.91. The van der Waals surface area contributed by atoms with Crippen LogP contribution in [-0.2, 0) is 24.3 Å². The first-order valence-electron chi connectivity index (χ1n) is 6.22. The van der Waals surface area contributed by atoms with E-state index in [1.165, 1.54) is 22.1 Å². The van der Waals surface area contributed by atoms with E-state index < -0.39 is 0 Å². The van der Waals surface area contributed by atoms with E-state index in [1.54, 1.807) is 0 Å². The highest BCUT2D eigenvalue weighted by Gasteiger charge is 2.20. The minimum Gasteiger partial charge on any atom is -0.367 e. The van der Waals surface area contributed by atoms with Gasteiger partial charge in [-0.1, -0.05) is 24.3 Å². The molecule has 1 aromatic heterocycles. The van der Waals surface area contributed by atoms with Gasteiger partial charge in [0, 0.05) is 13.1 Å². The highest BCUT2D eigenvalue weighted by molar-refractivity contribution is 5.76. The second-order valence-corrected chi connectivity index (χ2v) is 4.63. The van der Waals surface area contributed by atoms with Gasteiger partial charge < -0.3 is 10.6 Å². The summed E-state index contributed by atoms with van der Waals surface area (Å²) in [5.41, 5.74) is 7.98. The summed E-state index contributed by atoms with van der Waals surface area (Å²) in [5, 5.41) is 3.93. The average molecular weight is 257 g/mol. The first-order valence-corrected chi connectivity index (χ1v) is 6.22. The molecular weight excluding hydrogens is 242 g/mol. The maximum atomic E-state index is 12.2. The summed E-state index contributed by atoms with van der Waals surface area (Å²) in [6.07, 6.45) is 2.38. The van der Waals surface area contributed by atoms with Crippen molar-refractivity contribution in [2.24, 2.45) is 0 Å². The van der Waals surface area contributed by atoms with Crippen molar-refractivity contribution in [1.82, 2.24) is 19.7 Å². The number of carbonyl (C=O) groups is 1. The quantitative estimate of drug-likeness (QED) is 0.847. The molecule has 0 unspecified atom stereocenters. The van der Waals surface area contributed by atoms with E-state index in [1.807, 2.05) is 17.0 Å². The maximum Gasteiger partial charge on any atom is 0.244 e. The third-order valence-corrected chi connectivity index (χ3v) is 3.33. The molecule has 2 aromatic rings. The van der Waals surface area contributed by atoms with Crippen LogP contribution >= 0.6 is 0 Å². The number of hydrogen-bond acceptors (Lipinski definition) is 4. The van der Waals surface area contributed by atoms with Gasteiger partial charge in [-0.3, -0.25) is 4.79 Å². The van der Waals surface area contributed by atoms with Gasteiger partial charge >= 0.3 is 0 Å². The van der Waals surface area contributed by atoms with Crippen LogP contribution in [0.25, 0.3) is 0 Å². The summed E-state index contributed by atoms with van der Waals surface area (Å²) in [4.78, 5) is 17.8. The highest BCUT2D eigenvalue weighted by Crippen LogP contribution is 2.18. The average Bonchev–Trinajstić information content (AvgIpc) is 2.83. The lowest BCUT2D eigenvalue weighted by Crippen LogP contribution is -2.38. The van der Waals surface area contributed by atoms with Gasteiger partial charge in [-0.2, -0.15) is 0 Å². The van der Waals surface area contributed by atoms with Crippen LogP contribution in [0.3, 0.4) is 0 Å². The van der Waals surface area contributed by atoms with Crippen LogP contribution in [0.1, 0.15) is 11.1 Å². The first-order chi connectivity index (χ1) is 9.22. The lowest BCUT2D eigenvalue weighted by molar-refractivity contribution is -0.132. The molecule has 98 valence electrons. The maximum absolute atomic E-state index is 12.2. The number of nitrogens with zero attached hydrogens (tertiary/aromatic N) is 4. The van der Waals surface area contributed by atoms with Crippen LogP contribution in [-0.4, -0.2) is 32.1 Å². The summed E-state index contributed by atoms with van der Waals surface area (Å²) < 4.78 is 1.47. The normalized spacial score (nSPS) is 14.2. The summed E-state index contributed by atoms with van der Waals surface area (Å²) in [6, 6.07) is 8.23. The number of hydrogen-bond donors (Lipinski definition) is 1. The topological polar surface area (TPSA) is 77.0 Å². The summed E-state index contributed by atoms with van der Waals surface area (Å²) in [7, 11) is 0. The SMILES string of the molecule is Nc1ncn(CC(=O)N2CCc3ccccc3C2)n1. The van der Waals surface area contributed by atoms with Crippen molar-refractivity contribution in [3.8, 4) is 0 Å². The molecular formula is C13H15N5O. The van der Waals surface area contributed by atoms with E-state index >= 15 is 0 Å². The molecule has 0 spiro atoms. The van der Waals surface area contributed by atoms with E-state index in [-0.39, 0.29) is 18.4 Å². The summed E-state index contributed by atoms with van der Waals surface area (Å²) >= 11 is 0. The number of nitrogens with two attached hydrogens (primary N) is 1. The fourth-order valence-corrected chi connectivity index (χ4v) is 2.33. The Morgan fingerprint density at radius 2 is 2.11 bits per heavy atom. The van der Waals surface area contributed by atoms with Gasteiger partial charge in [-0.05, 0) is 17.5 Å². The number of nitrogen functional groups attached to an aromatic ring is 1. The van der Waals surface area contributed by atoms with Gasteiger partial charge in [-0.15, -0.1) is 5.10 Å². The summed E-state index contributed by atoms with van der Waals surface area (Å²) in [5.74, 6) is 0.233. The fraction of sp³-hybridized carbons (Fsp3) is 0.308. The first kappa shape index (κ1) is 11.7. The zero-order valence-corrected chi connectivity index (χ0v) is 10.5. The van der Waals surface area contributed by atoms with Crippen LogP contribution < -0.4 is 5.73 Å². The Hall–Kier alpha value is -2.37. The van der Waals surface area contributed by atoms with Gasteiger partial charge in [0.15, 0.2) is 0 Å². The monoisotopic (exact) mass is 257 g/mol. The molecule has 19 heavy (non-hydrogen) atoms. The standard InChI is InChI=1S/C13H15N5O/c14-13-15-9-18(16-13)8-12(19)17-6-5-10-3-1-2-4-11(10)7-17/h1-4,9H,5-8H2,(H2,14,16). The lowest BCUT2D eigenvalue weighted by atomic mass is 10.00. The molecule has 0 aliphatic carbocycles. The van der Waals surface area contributed by atoms with Crippen molar-refractivity contribution in [3.63, 3.8) is 0 Å². The largest absolute Gasteiger partial charge is 0.367 e.